The van der Waals surface area contributed by atoms with Crippen molar-refractivity contribution in [2.45, 2.75) is 38.8 Å². The van der Waals surface area contributed by atoms with E-state index in [0.29, 0.717) is 38.0 Å². The third kappa shape index (κ3) is 2.87. The maximum Gasteiger partial charge on any atom is 0.307 e. The lowest BCUT2D eigenvalue weighted by Gasteiger charge is -2.44. The molecule has 2 aliphatic rings. The summed E-state index contributed by atoms with van der Waals surface area (Å²) in [5, 5.41) is 9.29. The summed E-state index contributed by atoms with van der Waals surface area (Å²) in [4.78, 5) is 28.1. The van der Waals surface area contributed by atoms with Gasteiger partial charge in [-0.25, -0.2) is 0 Å². The Morgan fingerprint density at radius 2 is 1.55 bits per heavy atom. The van der Waals surface area contributed by atoms with Gasteiger partial charge in [0.25, 0.3) is 0 Å². The van der Waals surface area contributed by atoms with Crippen LogP contribution in [0.25, 0.3) is 0 Å². The molecule has 112 valence electrons. The molecule has 0 spiro atoms. The van der Waals surface area contributed by atoms with Crippen molar-refractivity contribution in [1.29, 1.82) is 0 Å². The van der Waals surface area contributed by atoms with Gasteiger partial charge in [-0.3, -0.25) is 14.5 Å². The molecule has 4 unspecified atom stereocenters. The zero-order valence-electron chi connectivity index (χ0n) is 12.5. The highest BCUT2D eigenvalue weighted by Gasteiger charge is 2.38. The Morgan fingerprint density at radius 1 is 1.05 bits per heavy atom. The zero-order valence-corrected chi connectivity index (χ0v) is 12.5. The van der Waals surface area contributed by atoms with Gasteiger partial charge in [0, 0.05) is 25.2 Å². The fraction of sp³-hybridized carbons (Fsp3) is 0.733. The van der Waals surface area contributed by atoms with E-state index < -0.39 is 17.8 Å². The quantitative estimate of drug-likeness (QED) is 0.772. The number of likely N-dealkylation sites (N-methyl/N-ethyl adjacent to an activating group) is 1. The largest absolute Gasteiger partial charge is 0.481 e. The number of amides is 1. The maximum atomic E-state index is 12.7. The van der Waals surface area contributed by atoms with E-state index in [1.54, 1.807) is 0 Å². The number of allylic oxidation sites excluding steroid dienone is 2. The van der Waals surface area contributed by atoms with Crippen LogP contribution in [0.3, 0.4) is 0 Å². The molecule has 0 aromatic heterocycles. The normalized spacial score (nSPS) is 35.0. The van der Waals surface area contributed by atoms with Gasteiger partial charge in [0.1, 0.15) is 0 Å². The van der Waals surface area contributed by atoms with Crippen LogP contribution >= 0.6 is 0 Å². The van der Waals surface area contributed by atoms with E-state index in [4.69, 9.17) is 0 Å². The monoisotopic (exact) mass is 280 g/mol. The number of carboxylic acid groups (broad SMARTS) is 1. The highest BCUT2D eigenvalue weighted by atomic mass is 16.4. The van der Waals surface area contributed by atoms with Crippen molar-refractivity contribution in [3.05, 3.63) is 12.2 Å². The molecular weight excluding hydrogens is 256 g/mol. The van der Waals surface area contributed by atoms with Gasteiger partial charge in [-0.2, -0.15) is 0 Å². The summed E-state index contributed by atoms with van der Waals surface area (Å²) in [5.74, 6) is -1.82. The van der Waals surface area contributed by atoms with Crippen LogP contribution in [0.15, 0.2) is 12.2 Å². The van der Waals surface area contributed by atoms with E-state index in [-0.39, 0.29) is 5.91 Å². The van der Waals surface area contributed by atoms with Gasteiger partial charge in [0.05, 0.1) is 11.8 Å². The first-order valence-electron chi connectivity index (χ1n) is 7.30. The van der Waals surface area contributed by atoms with Crippen LogP contribution in [0, 0.1) is 11.8 Å². The topological polar surface area (TPSA) is 60.9 Å². The van der Waals surface area contributed by atoms with Gasteiger partial charge in [0.15, 0.2) is 0 Å². The molecule has 1 saturated heterocycles. The van der Waals surface area contributed by atoms with Crippen molar-refractivity contribution in [3.8, 4) is 0 Å². The lowest BCUT2D eigenvalue weighted by Crippen LogP contribution is -2.58. The summed E-state index contributed by atoms with van der Waals surface area (Å²) < 4.78 is 0. The number of hydrogen-bond acceptors (Lipinski definition) is 3. The summed E-state index contributed by atoms with van der Waals surface area (Å²) in [5.41, 5.74) is 0. The van der Waals surface area contributed by atoms with Gasteiger partial charge in [-0.1, -0.05) is 12.2 Å². The fourth-order valence-electron chi connectivity index (χ4n) is 3.18. The minimum atomic E-state index is -0.858. The Morgan fingerprint density at radius 3 is 2.05 bits per heavy atom. The van der Waals surface area contributed by atoms with Crippen LogP contribution in [-0.4, -0.2) is 59.0 Å². The van der Waals surface area contributed by atoms with Crippen LogP contribution in [-0.2, 0) is 9.59 Å². The maximum absolute atomic E-state index is 12.7. The van der Waals surface area contributed by atoms with E-state index >= 15 is 0 Å². The first-order chi connectivity index (χ1) is 9.41. The lowest BCUT2D eigenvalue weighted by atomic mass is 9.82. The standard InChI is InChI=1S/C15H24N2O3/c1-10-8-17(9-11(2)16(10)3)14(18)12-6-4-5-7-13(12)15(19)20/h4-5,10-13H,6-9H2,1-3H3,(H,19,20). The van der Waals surface area contributed by atoms with Crippen LogP contribution in [0.5, 0.6) is 0 Å². The number of carbonyl (C=O) groups excluding carboxylic acids is 1. The van der Waals surface area contributed by atoms with Crippen molar-refractivity contribution in [3.63, 3.8) is 0 Å². The lowest BCUT2D eigenvalue weighted by molar-refractivity contribution is -0.152. The average molecular weight is 280 g/mol. The highest BCUT2D eigenvalue weighted by Crippen LogP contribution is 2.29. The molecule has 5 heteroatoms. The number of hydrogen-bond donors (Lipinski definition) is 1. The van der Waals surface area contributed by atoms with Gasteiger partial charge >= 0.3 is 5.97 Å². The molecule has 1 aliphatic heterocycles. The average Bonchev–Trinajstić information content (AvgIpc) is 2.43. The minimum Gasteiger partial charge on any atom is -0.481 e. The SMILES string of the molecule is CC1CN(C(=O)C2CC=CCC2C(=O)O)CC(C)N1C. The van der Waals surface area contributed by atoms with Crippen molar-refractivity contribution in [2.24, 2.45) is 11.8 Å². The van der Waals surface area contributed by atoms with Gasteiger partial charge in [-0.15, -0.1) is 0 Å². The molecule has 4 atom stereocenters. The summed E-state index contributed by atoms with van der Waals surface area (Å²) >= 11 is 0. The number of aliphatic carboxylic acids is 1. The molecule has 2 rings (SSSR count). The van der Waals surface area contributed by atoms with Crippen molar-refractivity contribution >= 4 is 11.9 Å². The number of carbonyl (C=O) groups is 2. The van der Waals surface area contributed by atoms with Crippen LogP contribution in [0.4, 0.5) is 0 Å². The second-order valence-electron chi connectivity index (χ2n) is 6.10. The molecule has 0 bridgehead atoms. The molecule has 5 nitrogen and oxygen atoms in total. The molecule has 1 N–H and O–H groups in total. The van der Waals surface area contributed by atoms with E-state index in [1.807, 2.05) is 17.1 Å². The Hall–Kier alpha value is -1.36. The Balaban J connectivity index is 2.10. The summed E-state index contributed by atoms with van der Waals surface area (Å²) in [6, 6.07) is 0.621. The Labute approximate surface area is 120 Å². The molecule has 0 radical (unpaired) electrons. The third-order valence-corrected chi connectivity index (χ3v) is 4.74. The summed E-state index contributed by atoms with van der Waals surface area (Å²) in [6.07, 6.45) is 4.82. The number of carboxylic acids is 1. The fourth-order valence-corrected chi connectivity index (χ4v) is 3.18. The molecule has 0 aromatic rings. The van der Waals surface area contributed by atoms with Crippen LogP contribution < -0.4 is 0 Å². The molecule has 1 amide bonds. The smallest absolute Gasteiger partial charge is 0.307 e. The second-order valence-corrected chi connectivity index (χ2v) is 6.10. The third-order valence-electron chi connectivity index (χ3n) is 4.74. The molecule has 20 heavy (non-hydrogen) atoms. The van der Waals surface area contributed by atoms with Crippen LogP contribution in [0.2, 0.25) is 0 Å². The first kappa shape index (κ1) is 15.0. The van der Waals surface area contributed by atoms with Crippen molar-refractivity contribution < 1.29 is 14.7 Å². The second kappa shape index (κ2) is 5.95. The van der Waals surface area contributed by atoms with E-state index in [0.717, 1.165) is 0 Å². The predicted octanol–water partition coefficient (Wildman–Crippen LogP) is 1.20. The molecular formula is C15H24N2O3. The summed E-state index contributed by atoms with van der Waals surface area (Å²) in [6.45, 7) is 5.58. The Bertz CT molecular complexity index is 409. The van der Waals surface area contributed by atoms with Crippen LogP contribution in [0.1, 0.15) is 26.7 Å². The van der Waals surface area contributed by atoms with E-state index in [2.05, 4.69) is 25.8 Å². The Kier molecular flexibility index (Phi) is 4.48. The molecule has 0 saturated carbocycles. The van der Waals surface area contributed by atoms with Gasteiger partial charge in [0.2, 0.25) is 5.91 Å². The number of rotatable bonds is 2. The molecule has 1 fully saturated rings. The van der Waals surface area contributed by atoms with Gasteiger partial charge in [-0.05, 0) is 33.7 Å². The molecule has 0 aromatic carbocycles. The van der Waals surface area contributed by atoms with Crippen molar-refractivity contribution in [1.82, 2.24) is 9.80 Å². The van der Waals surface area contributed by atoms with E-state index in [9.17, 15) is 14.7 Å². The number of piperazine rings is 1. The molecule has 1 heterocycles. The minimum absolute atomic E-state index is 0.00792. The summed E-state index contributed by atoms with van der Waals surface area (Å²) in [7, 11) is 2.07. The highest BCUT2D eigenvalue weighted by molar-refractivity contribution is 5.85. The van der Waals surface area contributed by atoms with E-state index in [1.165, 1.54) is 0 Å². The number of nitrogens with zero attached hydrogens (tertiary/aromatic N) is 2. The van der Waals surface area contributed by atoms with Crippen molar-refractivity contribution in [2.75, 3.05) is 20.1 Å². The first-order valence-corrected chi connectivity index (χ1v) is 7.30. The van der Waals surface area contributed by atoms with Gasteiger partial charge < -0.3 is 10.0 Å². The predicted molar refractivity (Wildman–Crippen MR) is 76.3 cm³/mol. The molecule has 1 aliphatic carbocycles. The zero-order chi connectivity index (χ0) is 14.9.